The van der Waals surface area contributed by atoms with E-state index in [4.69, 9.17) is 0 Å². The smallest absolute Gasteiger partial charge is 0.0365 e. The molecule has 0 saturated carbocycles. The van der Waals surface area contributed by atoms with E-state index in [0.717, 1.165) is 13.1 Å². The van der Waals surface area contributed by atoms with Crippen molar-refractivity contribution in [3.8, 4) is 0 Å². The average Bonchev–Trinajstić information content (AvgIpc) is 2.51. The topological polar surface area (TPSA) is 6.48 Å². The Labute approximate surface area is 123 Å². The fraction of sp³-hybridized carbons (Fsp3) is 0.333. The Morgan fingerprint density at radius 2 is 1.05 bits per heavy atom. The van der Waals surface area contributed by atoms with Crippen molar-refractivity contribution in [2.24, 2.45) is 0 Å². The van der Waals surface area contributed by atoms with Crippen LogP contribution in [0, 0.1) is 0 Å². The molecule has 108 valence electrons. The third-order valence-electron chi connectivity index (χ3n) is 3.16. The highest BCUT2D eigenvalue weighted by molar-refractivity contribution is 5.45. The Morgan fingerprint density at radius 1 is 0.650 bits per heavy atom. The number of hydrogen-bond donors (Lipinski definition) is 0. The predicted molar refractivity (Wildman–Crippen MR) is 90.8 cm³/mol. The SMILES string of the molecule is CCN(CC)c1ccccc1.CN(C)c1ccccc1. The van der Waals surface area contributed by atoms with E-state index < -0.39 is 0 Å². The number of para-hydroxylation sites is 2. The fourth-order valence-corrected chi connectivity index (χ4v) is 1.95. The standard InChI is InChI=1S/C10H15N.C8H11N/c1-3-11(4-2)10-8-6-5-7-9-10;1-9(2)8-6-4-3-5-7-8/h5-9H,3-4H2,1-2H3;3-7H,1-2H3. The highest BCUT2D eigenvalue weighted by Gasteiger charge is 1.97. The van der Waals surface area contributed by atoms with Gasteiger partial charge in [0.25, 0.3) is 0 Å². The molecule has 2 aromatic rings. The first kappa shape index (κ1) is 16.1. The van der Waals surface area contributed by atoms with Crippen LogP contribution in [-0.2, 0) is 0 Å². The van der Waals surface area contributed by atoms with E-state index in [1.54, 1.807) is 0 Å². The van der Waals surface area contributed by atoms with Gasteiger partial charge in [-0.15, -0.1) is 0 Å². The first-order valence-corrected chi connectivity index (χ1v) is 7.21. The van der Waals surface area contributed by atoms with Crippen LogP contribution in [0.15, 0.2) is 60.7 Å². The van der Waals surface area contributed by atoms with Crippen LogP contribution >= 0.6 is 0 Å². The predicted octanol–water partition coefficient (Wildman–Crippen LogP) is 4.29. The second-order valence-corrected chi connectivity index (χ2v) is 4.74. The Balaban J connectivity index is 0.000000204. The minimum Gasteiger partial charge on any atom is -0.378 e. The maximum absolute atomic E-state index is 2.33. The molecule has 0 aliphatic heterocycles. The van der Waals surface area contributed by atoms with E-state index in [2.05, 4.69) is 60.0 Å². The van der Waals surface area contributed by atoms with Crippen molar-refractivity contribution in [1.82, 2.24) is 0 Å². The summed E-state index contributed by atoms with van der Waals surface area (Å²) >= 11 is 0. The Bertz CT molecular complexity index is 447. The van der Waals surface area contributed by atoms with Gasteiger partial charge in [0.2, 0.25) is 0 Å². The molecule has 0 amide bonds. The summed E-state index contributed by atoms with van der Waals surface area (Å²) in [5, 5.41) is 0. The molecule has 0 unspecified atom stereocenters. The molecule has 0 fully saturated rings. The number of benzene rings is 2. The number of rotatable bonds is 4. The van der Waals surface area contributed by atoms with E-state index in [0.29, 0.717) is 0 Å². The van der Waals surface area contributed by atoms with Gasteiger partial charge in [0, 0.05) is 38.6 Å². The fourth-order valence-electron chi connectivity index (χ4n) is 1.95. The van der Waals surface area contributed by atoms with Crippen molar-refractivity contribution < 1.29 is 0 Å². The maximum Gasteiger partial charge on any atom is 0.0365 e. The molecule has 2 rings (SSSR count). The van der Waals surface area contributed by atoms with Crippen LogP contribution in [0.25, 0.3) is 0 Å². The molecule has 0 spiro atoms. The van der Waals surface area contributed by atoms with Gasteiger partial charge in [-0.2, -0.15) is 0 Å². The van der Waals surface area contributed by atoms with Crippen LogP contribution in [0.2, 0.25) is 0 Å². The zero-order valence-corrected chi connectivity index (χ0v) is 13.1. The minimum absolute atomic E-state index is 1.08. The van der Waals surface area contributed by atoms with Crippen LogP contribution in [-0.4, -0.2) is 27.2 Å². The van der Waals surface area contributed by atoms with Gasteiger partial charge >= 0.3 is 0 Å². The van der Waals surface area contributed by atoms with Gasteiger partial charge in [0.05, 0.1) is 0 Å². The highest BCUT2D eigenvalue weighted by atomic mass is 15.1. The second kappa shape index (κ2) is 9.03. The molecule has 2 nitrogen and oxygen atoms in total. The lowest BCUT2D eigenvalue weighted by Gasteiger charge is -2.20. The second-order valence-electron chi connectivity index (χ2n) is 4.74. The quantitative estimate of drug-likeness (QED) is 0.818. The minimum atomic E-state index is 1.08. The first-order chi connectivity index (χ1) is 9.69. The Morgan fingerprint density at radius 3 is 1.35 bits per heavy atom. The average molecular weight is 270 g/mol. The molecule has 2 aromatic carbocycles. The lowest BCUT2D eigenvalue weighted by atomic mass is 10.3. The molecule has 2 heteroatoms. The van der Waals surface area contributed by atoms with E-state index in [1.165, 1.54) is 11.4 Å². The van der Waals surface area contributed by atoms with Gasteiger partial charge in [-0.3, -0.25) is 0 Å². The largest absolute Gasteiger partial charge is 0.378 e. The normalized spacial score (nSPS) is 9.40. The lowest BCUT2D eigenvalue weighted by molar-refractivity contribution is 0.866. The molecule has 0 aliphatic carbocycles. The molecular formula is C18H26N2. The lowest BCUT2D eigenvalue weighted by Crippen LogP contribution is -2.21. The molecule has 0 aliphatic rings. The van der Waals surface area contributed by atoms with E-state index in [-0.39, 0.29) is 0 Å². The summed E-state index contributed by atoms with van der Waals surface area (Å²) in [5.41, 5.74) is 2.56. The highest BCUT2D eigenvalue weighted by Crippen LogP contribution is 2.11. The summed E-state index contributed by atoms with van der Waals surface area (Å²) in [4.78, 5) is 4.42. The van der Waals surface area contributed by atoms with Gasteiger partial charge in [-0.1, -0.05) is 36.4 Å². The van der Waals surface area contributed by atoms with Crippen molar-refractivity contribution in [2.75, 3.05) is 37.0 Å². The molecule has 0 saturated heterocycles. The van der Waals surface area contributed by atoms with Crippen LogP contribution in [0.1, 0.15) is 13.8 Å². The van der Waals surface area contributed by atoms with Crippen molar-refractivity contribution in [1.29, 1.82) is 0 Å². The maximum atomic E-state index is 2.33. The van der Waals surface area contributed by atoms with E-state index in [9.17, 15) is 0 Å². The molecule has 0 heterocycles. The van der Waals surface area contributed by atoms with Gasteiger partial charge in [-0.25, -0.2) is 0 Å². The molecule has 0 radical (unpaired) electrons. The van der Waals surface area contributed by atoms with E-state index in [1.807, 2.05) is 38.4 Å². The molecule has 0 atom stereocenters. The monoisotopic (exact) mass is 270 g/mol. The number of anilines is 2. The zero-order valence-electron chi connectivity index (χ0n) is 13.1. The Kier molecular flexibility index (Phi) is 7.26. The zero-order chi connectivity index (χ0) is 14.8. The van der Waals surface area contributed by atoms with Gasteiger partial charge in [0.15, 0.2) is 0 Å². The van der Waals surface area contributed by atoms with Gasteiger partial charge < -0.3 is 9.80 Å². The van der Waals surface area contributed by atoms with Gasteiger partial charge in [0.1, 0.15) is 0 Å². The molecule has 20 heavy (non-hydrogen) atoms. The number of nitrogens with zero attached hydrogens (tertiary/aromatic N) is 2. The summed E-state index contributed by atoms with van der Waals surface area (Å²) in [5.74, 6) is 0. The van der Waals surface area contributed by atoms with Crippen molar-refractivity contribution >= 4 is 11.4 Å². The first-order valence-electron chi connectivity index (χ1n) is 7.21. The third-order valence-corrected chi connectivity index (χ3v) is 3.16. The number of hydrogen-bond acceptors (Lipinski definition) is 2. The summed E-state index contributed by atoms with van der Waals surface area (Å²) in [6.07, 6.45) is 0. The van der Waals surface area contributed by atoms with Crippen molar-refractivity contribution in [3.05, 3.63) is 60.7 Å². The van der Waals surface area contributed by atoms with Crippen molar-refractivity contribution in [2.45, 2.75) is 13.8 Å². The summed E-state index contributed by atoms with van der Waals surface area (Å²) < 4.78 is 0. The molecule has 0 bridgehead atoms. The van der Waals surface area contributed by atoms with Crippen molar-refractivity contribution in [3.63, 3.8) is 0 Å². The van der Waals surface area contributed by atoms with E-state index >= 15 is 0 Å². The summed E-state index contributed by atoms with van der Waals surface area (Å²) in [7, 11) is 4.07. The van der Waals surface area contributed by atoms with Crippen LogP contribution < -0.4 is 9.80 Å². The summed E-state index contributed by atoms with van der Waals surface area (Å²) in [6.45, 7) is 6.52. The van der Waals surface area contributed by atoms with Crippen LogP contribution in [0.3, 0.4) is 0 Å². The molecule has 0 aromatic heterocycles. The summed E-state index contributed by atoms with van der Waals surface area (Å²) in [6, 6.07) is 20.8. The van der Waals surface area contributed by atoms with Crippen LogP contribution in [0.5, 0.6) is 0 Å². The third kappa shape index (κ3) is 5.35. The molecular weight excluding hydrogens is 244 g/mol. The Hall–Kier alpha value is -1.96. The van der Waals surface area contributed by atoms with Crippen LogP contribution in [0.4, 0.5) is 11.4 Å². The molecule has 0 N–H and O–H groups in total. The van der Waals surface area contributed by atoms with Gasteiger partial charge in [-0.05, 0) is 38.1 Å².